The molecular weight excluding hydrogens is 342 g/mol. The van der Waals surface area contributed by atoms with Gasteiger partial charge in [-0.05, 0) is 48.3 Å². The Morgan fingerprint density at radius 1 is 1.45 bits per heavy atom. The fourth-order valence-corrected chi connectivity index (χ4v) is 2.58. The summed E-state index contributed by atoms with van der Waals surface area (Å²) in [7, 11) is 1.70. The quantitative estimate of drug-likeness (QED) is 0.773. The number of hydrogen-bond donors (Lipinski definition) is 0. The standard InChI is InChI=1S/C14H17BrClN3O/c1-9-5-11(12(15)18-13(9)16)10-6-17-19(7-10)8-14(2,3)20-4/h5-7H,8H2,1-4H3. The normalized spacial score (nSPS) is 11.9. The molecule has 0 radical (unpaired) electrons. The predicted molar refractivity (Wildman–Crippen MR) is 84.0 cm³/mol. The van der Waals surface area contributed by atoms with Gasteiger partial charge in [-0.3, -0.25) is 4.68 Å². The second kappa shape index (κ2) is 5.84. The van der Waals surface area contributed by atoms with Gasteiger partial charge in [0.15, 0.2) is 0 Å². The molecule has 0 aromatic carbocycles. The predicted octanol–water partition coefficient (Wildman–Crippen LogP) is 4.09. The van der Waals surface area contributed by atoms with Crippen molar-refractivity contribution in [3.63, 3.8) is 0 Å². The molecule has 0 saturated carbocycles. The zero-order valence-corrected chi connectivity index (χ0v) is 14.3. The first-order chi connectivity index (χ1) is 9.32. The Balaban J connectivity index is 2.32. The number of aryl methyl sites for hydroxylation is 1. The summed E-state index contributed by atoms with van der Waals surface area (Å²) >= 11 is 9.45. The number of methoxy groups -OCH3 is 1. The Bertz CT molecular complexity index is 625. The molecule has 20 heavy (non-hydrogen) atoms. The van der Waals surface area contributed by atoms with Gasteiger partial charge in [0, 0.05) is 24.4 Å². The zero-order chi connectivity index (χ0) is 14.9. The molecule has 4 nitrogen and oxygen atoms in total. The third-order valence-electron chi connectivity index (χ3n) is 3.14. The summed E-state index contributed by atoms with van der Waals surface area (Å²) < 4.78 is 8.01. The van der Waals surface area contributed by atoms with Crippen LogP contribution in [0.25, 0.3) is 11.1 Å². The number of ether oxygens (including phenoxy) is 1. The van der Waals surface area contributed by atoms with Gasteiger partial charge in [-0.1, -0.05) is 11.6 Å². The van der Waals surface area contributed by atoms with Crippen molar-refractivity contribution in [2.24, 2.45) is 0 Å². The highest BCUT2D eigenvalue weighted by Gasteiger charge is 2.18. The summed E-state index contributed by atoms with van der Waals surface area (Å²) in [5.41, 5.74) is 2.66. The number of aromatic nitrogens is 3. The van der Waals surface area contributed by atoms with E-state index in [-0.39, 0.29) is 5.60 Å². The van der Waals surface area contributed by atoms with Gasteiger partial charge in [-0.25, -0.2) is 4.98 Å². The first-order valence-corrected chi connectivity index (χ1v) is 7.40. The smallest absolute Gasteiger partial charge is 0.133 e. The van der Waals surface area contributed by atoms with Gasteiger partial charge in [0.25, 0.3) is 0 Å². The van der Waals surface area contributed by atoms with E-state index in [9.17, 15) is 0 Å². The maximum absolute atomic E-state index is 6.01. The Labute approximate surface area is 132 Å². The van der Waals surface area contributed by atoms with Crippen molar-refractivity contribution in [1.29, 1.82) is 0 Å². The minimum Gasteiger partial charge on any atom is -0.377 e. The summed E-state index contributed by atoms with van der Waals surface area (Å²) in [6.45, 7) is 6.67. The van der Waals surface area contributed by atoms with E-state index in [0.717, 1.165) is 21.3 Å². The van der Waals surface area contributed by atoms with Crippen molar-refractivity contribution < 1.29 is 4.74 Å². The fraction of sp³-hybridized carbons (Fsp3) is 0.429. The molecule has 0 aliphatic rings. The molecular formula is C14H17BrClN3O. The van der Waals surface area contributed by atoms with E-state index in [1.165, 1.54) is 0 Å². The van der Waals surface area contributed by atoms with Crippen LogP contribution in [0.3, 0.4) is 0 Å². The van der Waals surface area contributed by atoms with Crippen LogP contribution in [0.1, 0.15) is 19.4 Å². The molecule has 0 atom stereocenters. The Morgan fingerprint density at radius 3 is 2.80 bits per heavy atom. The number of hydrogen-bond acceptors (Lipinski definition) is 3. The summed E-state index contributed by atoms with van der Waals surface area (Å²) in [5.74, 6) is 0. The number of pyridine rings is 1. The molecule has 0 fully saturated rings. The molecule has 0 bridgehead atoms. The SMILES string of the molecule is COC(C)(C)Cn1cc(-c2cc(C)c(Cl)nc2Br)cn1. The monoisotopic (exact) mass is 357 g/mol. The molecule has 0 unspecified atom stereocenters. The minimum atomic E-state index is -0.255. The van der Waals surface area contributed by atoms with E-state index < -0.39 is 0 Å². The van der Waals surface area contributed by atoms with Crippen LogP contribution in [-0.2, 0) is 11.3 Å². The van der Waals surface area contributed by atoms with Crippen LogP contribution in [-0.4, -0.2) is 27.5 Å². The average molecular weight is 359 g/mol. The van der Waals surface area contributed by atoms with Crippen LogP contribution in [0, 0.1) is 6.92 Å². The fourth-order valence-electron chi connectivity index (χ4n) is 1.82. The highest BCUT2D eigenvalue weighted by atomic mass is 79.9. The van der Waals surface area contributed by atoms with Crippen molar-refractivity contribution in [2.45, 2.75) is 32.9 Å². The molecule has 2 heterocycles. The van der Waals surface area contributed by atoms with Crippen molar-refractivity contribution in [1.82, 2.24) is 14.8 Å². The van der Waals surface area contributed by atoms with Crippen LogP contribution in [0.5, 0.6) is 0 Å². The maximum Gasteiger partial charge on any atom is 0.133 e. The van der Waals surface area contributed by atoms with Crippen molar-refractivity contribution in [3.05, 3.63) is 33.8 Å². The molecule has 0 spiro atoms. The van der Waals surface area contributed by atoms with Crippen LogP contribution < -0.4 is 0 Å². The highest BCUT2D eigenvalue weighted by Crippen LogP contribution is 2.30. The van der Waals surface area contributed by atoms with Crippen molar-refractivity contribution in [3.8, 4) is 11.1 Å². The van der Waals surface area contributed by atoms with Crippen LogP contribution in [0.15, 0.2) is 23.1 Å². The molecule has 0 aliphatic carbocycles. The molecule has 0 aliphatic heterocycles. The van der Waals surface area contributed by atoms with E-state index in [1.807, 2.05) is 43.9 Å². The van der Waals surface area contributed by atoms with E-state index in [4.69, 9.17) is 16.3 Å². The molecule has 0 N–H and O–H groups in total. The Kier molecular flexibility index (Phi) is 4.52. The van der Waals surface area contributed by atoms with Crippen LogP contribution >= 0.6 is 27.5 Å². The summed E-state index contributed by atoms with van der Waals surface area (Å²) in [6.07, 6.45) is 3.80. The molecule has 0 saturated heterocycles. The summed E-state index contributed by atoms with van der Waals surface area (Å²) in [5, 5.41) is 4.88. The van der Waals surface area contributed by atoms with Gasteiger partial charge in [0.1, 0.15) is 9.76 Å². The lowest BCUT2D eigenvalue weighted by Gasteiger charge is -2.22. The second-order valence-corrected chi connectivity index (χ2v) is 6.43. The molecule has 0 amide bonds. The summed E-state index contributed by atoms with van der Waals surface area (Å²) in [6, 6.07) is 2.00. The molecule has 108 valence electrons. The molecule has 2 aromatic rings. The number of nitrogens with zero attached hydrogens (tertiary/aromatic N) is 3. The third kappa shape index (κ3) is 3.40. The van der Waals surface area contributed by atoms with Crippen molar-refractivity contribution >= 4 is 27.5 Å². The van der Waals surface area contributed by atoms with Gasteiger partial charge in [0.05, 0.1) is 18.3 Å². The maximum atomic E-state index is 6.01. The van der Waals surface area contributed by atoms with Gasteiger partial charge in [0.2, 0.25) is 0 Å². The average Bonchev–Trinajstić information content (AvgIpc) is 2.81. The Hall–Kier alpha value is -0.910. The molecule has 2 aromatic heterocycles. The van der Waals surface area contributed by atoms with Gasteiger partial charge >= 0.3 is 0 Å². The van der Waals surface area contributed by atoms with Crippen LogP contribution in [0.2, 0.25) is 5.15 Å². The van der Waals surface area contributed by atoms with E-state index in [1.54, 1.807) is 7.11 Å². The lowest BCUT2D eigenvalue weighted by atomic mass is 10.1. The lowest BCUT2D eigenvalue weighted by Crippen LogP contribution is -2.29. The van der Waals surface area contributed by atoms with E-state index in [0.29, 0.717) is 11.7 Å². The topological polar surface area (TPSA) is 39.9 Å². The first-order valence-electron chi connectivity index (χ1n) is 6.23. The third-order valence-corrected chi connectivity index (χ3v) is 4.13. The zero-order valence-electron chi connectivity index (χ0n) is 11.9. The molecule has 2 rings (SSSR count). The van der Waals surface area contributed by atoms with E-state index in [2.05, 4.69) is 26.0 Å². The number of halogens is 2. The summed E-state index contributed by atoms with van der Waals surface area (Å²) in [4.78, 5) is 4.27. The minimum absolute atomic E-state index is 0.255. The lowest BCUT2D eigenvalue weighted by molar-refractivity contribution is 0.00543. The van der Waals surface area contributed by atoms with E-state index >= 15 is 0 Å². The molecule has 6 heteroatoms. The first kappa shape index (κ1) is 15.5. The van der Waals surface area contributed by atoms with Gasteiger partial charge < -0.3 is 4.74 Å². The second-order valence-electron chi connectivity index (χ2n) is 5.32. The Morgan fingerprint density at radius 2 is 2.15 bits per heavy atom. The number of rotatable bonds is 4. The van der Waals surface area contributed by atoms with Gasteiger partial charge in [-0.15, -0.1) is 0 Å². The van der Waals surface area contributed by atoms with Crippen LogP contribution in [0.4, 0.5) is 0 Å². The van der Waals surface area contributed by atoms with Crippen molar-refractivity contribution in [2.75, 3.05) is 7.11 Å². The van der Waals surface area contributed by atoms with Gasteiger partial charge in [-0.2, -0.15) is 5.10 Å². The largest absolute Gasteiger partial charge is 0.377 e. The highest BCUT2D eigenvalue weighted by molar-refractivity contribution is 9.10.